The average Bonchev–Trinajstić information content (AvgIpc) is 2.68. The van der Waals surface area contributed by atoms with Gasteiger partial charge in [0.1, 0.15) is 5.75 Å². The largest absolute Gasteiger partial charge is 0.507 e. The molecular formula is C13H15N3OS. The Hall–Kier alpha value is -1.88. The molecule has 0 atom stereocenters. The molecule has 2 rings (SSSR count). The van der Waals surface area contributed by atoms with Crippen molar-refractivity contribution in [1.82, 2.24) is 4.98 Å². The molecule has 2 N–H and O–H groups in total. The van der Waals surface area contributed by atoms with E-state index in [4.69, 9.17) is 0 Å². The number of phenolic OH excluding ortho intramolecular Hbond substituents is 1. The molecular weight excluding hydrogens is 246 g/mol. The molecule has 4 nitrogen and oxygen atoms in total. The molecule has 5 heteroatoms. The Balaban J connectivity index is 2.14. The second-order valence-electron chi connectivity index (χ2n) is 4.18. The molecule has 2 aromatic rings. The molecule has 94 valence electrons. The Morgan fingerprint density at radius 3 is 2.72 bits per heavy atom. The number of hydrogen-bond acceptors (Lipinski definition) is 5. The van der Waals surface area contributed by atoms with Crippen LogP contribution in [0.15, 0.2) is 22.6 Å². The van der Waals surface area contributed by atoms with Gasteiger partial charge in [-0.05, 0) is 38.0 Å². The van der Waals surface area contributed by atoms with E-state index in [0.29, 0.717) is 0 Å². The van der Waals surface area contributed by atoms with Gasteiger partial charge in [0.15, 0.2) is 0 Å². The summed E-state index contributed by atoms with van der Waals surface area (Å²) in [6.45, 7) is 5.83. The Morgan fingerprint density at radius 1 is 1.33 bits per heavy atom. The Labute approximate surface area is 110 Å². The van der Waals surface area contributed by atoms with Crippen molar-refractivity contribution in [2.45, 2.75) is 20.8 Å². The lowest BCUT2D eigenvalue weighted by Crippen LogP contribution is -1.94. The Kier molecular flexibility index (Phi) is 3.62. The number of aromatic nitrogens is 1. The van der Waals surface area contributed by atoms with Crippen LogP contribution in [-0.2, 0) is 0 Å². The number of hydrogen-bond donors (Lipinski definition) is 2. The maximum absolute atomic E-state index is 9.84. The van der Waals surface area contributed by atoms with Gasteiger partial charge in [0.2, 0.25) is 5.13 Å². The van der Waals surface area contributed by atoms with Crippen molar-refractivity contribution in [2.75, 3.05) is 5.43 Å². The van der Waals surface area contributed by atoms with Gasteiger partial charge < -0.3 is 5.11 Å². The summed E-state index contributed by atoms with van der Waals surface area (Å²) >= 11 is 1.50. The third-order valence-corrected chi connectivity index (χ3v) is 3.35. The molecule has 0 fully saturated rings. The van der Waals surface area contributed by atoms with E-state index in [9.17, 15) is 5.11 Å². The lowest BCUT2D eigenvalue weighted by Gasteiger charge is -2.04. The van der Waals surface area contributed by atoms with Crippen LogP contribution in [0.4, 0.5) is 5.13 Å². The fraction of sp³-hybridized carbons (Fsp3) is 0.231. The summed E-state index contributed by atoms with van der Waals surface area (Å²) < 4.78 is 0. The van der Waals surface area contributed by atoms with E-state index in [1.165, 1.54) is 11.3 Å². The number of phenols is 1. The summed E-state index contributed by atoms with van der Waals surface area (Å²) in [5, 5.41) is 16.6. The minimum absolute atomic E-state index is 0.244. The monoisotopic (exact) mass is 261 g/mol. The highest BCUT2D eigenvalue weighted by molar-refractivity contribution is 7.13. The standard InChI is InChI=1S/C13H15N3OS/c1-8-4-9(2)11(12(17)5-8)6-14-16-13-15-10(3)7-18-13/h4-7,17H,1-3H3,(H,15,16). The first-order valence-corrected chi connectivity index (χ1v) is 6.45. The average molecular weight is 261 g/mol. The van der Waals surface area contributed by atoms with E-state index in [0.717, 1.165) is 27.5 Å². The van der Waals surface area contributed by atoms with Crippen molar-refractivity contribution in [2.24, 2.45) is 5.10 Å². The predicted molar refractivity (Wildman–Crippen MR) is 75.6 cm³/mol. The van der Waals surface area contributed by atoms with Crippen LogP contribution in [-0.4, -0.2) is 16.3 Å². The van der Waals surface area contributed by atoms with Gasteiger partial charge in [0.25, 0.3) is 0 Å². The molecule has 0 saturated heterocycles. The molecule has 1 aromatic carbocycles. The highest BCUT2D eigenvalue weighted by Crippen LogP contribution is 2.21. The molecule has 0 aliphatic rings. The van der Waals surface area contributed by atoms with Crippen LogP contribution in [0.1, 0.15) is 22.4 Å². The number of rotatable bonds is 3. The van der Waals surface area contributed by atoms with Crippen LogP contribution >= 0.6 is 11.3 Å². The number of benzene rings is 1. The predicted octanol–water partition coefficient (Wildman–Crippen LogP) is 3.22. The molecule has 0 saturated carbocycles. The summed E-state index contributed by atoms with van der Waals surface area (Å²) in [6, 6.07) is 3.73. The lowest BCUT2D eigenvalue weighted by molar-refractivity contribution is 0.473. The topological polar surface area (TPSA) is 57.5 Å². The highest BCUT2D eigenvalue weighted by atomic mass is 32.1. The normalized spacial score (nSPS) is 11.1. The molecule has 0 bridgehead atoms. The molecule has 0 aliphatic carbocycles. The van der Waals surface area contributed by atoms with Crippen LogP contribution < -0.4 is 5.43 Å². The summed E-state index contributed by atoms with van der Waals surface area (Å²) in [5.41, 5.74) is 6.56. The molecule has 0 spiro atoms. The number of hydrazone groups is 1. The van der Waals surface area contributed by atoms with E-state index < -0.39 is 0 Å². The van der Waals surface area contributed by atoms with Gasteiger partial charge in [-0.2, -0.15) is 5.10 Å². The number of nitrogens with one attached hydrogen (secondary N) is 1. The van der Waals surface area contributed by atoms with Gasteiger partial charge in [-0.3, -0.25) is 5.43 Å². The fourth-order valence-electron chi connectivity index (χ4n) is 1.68. The zero-order chi connectivity index (χ0) is 13.1. The van der Waals surface area contributed by atoms with E-state index in [-0.39, 0.29) is 5.75 Å². The maximum atomic E-state index is 9.84. The van der Waals surface area contributed by atoms with Crippen LogP contribution in [0.2, 0.25) is 0 Å². The maximum Gasteiger partial charge on any atom is 0.203 e. The number of aromatic hydroxyl groups is 1. The van der Waals surface area contributed by atoms with Crippen molar-refractivity contribution >= 4 is 22.7 Å². The van der Waals surface area contributed by atoms with Crippen molar-refractivity contribution in [3.8, 4) is 5.75 Å². The van der Waals surface area contributed by atoms with Gasteiger partial charge in [-0.25, -0.2) is 4.98 Å². The molecule has 18 heavy (non-hydrogen) atoms. The van der Waals surface area contributed by atoms with Gasteiger partial charge >= 0.3 is 0 Å². The van der Waals surface area contributed by atoms with Gasteiger partial charge in [-0.1, -0.05) is 6.07 Å². The first-order valence-electron chi connectivity index (χ1n) is 5.57. The zero-order valence-electron chi connectivity index (χ0n) is 10.6. The second kappa shape index (κ2) is 5.18. The van der Waals surface area contributed by atoms with Gasteiger partial charge in [0, 0.05) is 10.9 Å². The lowest BCUT2D eigenvalue weighted by atomic mass is 10.1. The van der Waals surface area contributed by atoms with Crippen molar-refractivity contribution in [1.29, 1.82) is 0 Å². The zero-order valence-corrected chi connectivity index (χ0v) is 11.4. The van der Waals surface area contributed by atoms with Crippen LogP contribution in [0.25, 0.3) is 0 Å². The summed E-state index contributed by atoms with van der Waals surface area (Å²) in [4.78, 5) is 4.23. The van der Waals surface area contributed by atoms with E-state index in [1.807, 2.05) is 32.2 Å². The SMILES string of the molecule is Cc1cc(C)c(C=NNc2nc(C)cs2)c(O)c1. The molecule has 0 amide bonds. The van der Waals surface area contributed by atoms with Crippen LogP contribution in [0.3, 0.4) is 0 Å². The van der Waals surface area contributed by atoms with E-state index in [1.54, 1.807) is 12.3 Å². The van der Waals surface area contributed by atoms with Crippen LogP contribution in [0.5, 0.6) is 5.75 Å². The molecule has 1 aromatic heterocycles. The Bertz CT molecular complexity index is 567. The van der Waals surface area contributed by atoms with Gasteiger partial charge in [-0.15, -0.1) is 11.3 Å². The molecule has 0 radical (unpaired) electrons. The second-order valence-corrected chi connectivity index (χ2v) is 5.04. The fourth-order valence-corrected chi connectivity index (χ4v) is 2.32. The number of thiazole rings is 1. The van der Waals surface area contributed by atoms with Crippen molar-refractivity contribution in [3.05, 3.63) is 39.9 Å². The van der Waals surface area contributed by atoms with E-state index in [2.05, 4.69) is 15.5 Å². The first-order chi connectivity index (χ1) is 8.56. The number of anilines is 1. The summed E-state index contributed by atoms with van der Waals surface area (Å²) in [6.07, 6.45) is 1.61. The summed E-state index contributed by atoms with van der Waals surface area (Å²) in [5.74, 6) is 0.244. The minimum Gasteiger partial charge on any atom is -0.507 e. The molecule has 1 heterocycles. The smallest absolute Gasteiger partial charge is 0.203 e. The molecule has 0 unspecified atom stereocenters. The molecule has 0 aliphatic heterocycles. The van der Waals surface area contributed by atoms with Crippen LogP contribution in [0, 0.1) is 20.8 Å². The number of aryl methyl sites for hydroxylation is 3. The Morgan fingerprint density at radius 2 is 2.11 bits per heavy atom. The van der Waals surface area contributed by atoms with E-state index >= 15 is 0 Å². The third-order valence-electron chi connectivity index (χ3n) is 2.48. The summed E-state index contributed by atoms with van der Waals surface area (Å²) in [7, 11) is 0. The first kappa shape index (κ1) is 12.6. The van der Waals surface area contributed by atoms with Crippen molar-refractivity contribution in [3.63, 3.8) is 0 Å². The minimum atomic E-state index is 0.244. The highest BCUT2D eigenvalue weighted by Gasteiger charge is 2.03. The van der Waals surface area contributed by atoms with Gasteiger partial charge in [0.05, 0.1) is 11.9 Å². The quantitative estimate of drug-likeness (QED) is 0.659. The third kappa shape index (κ3) is 2.87. The van der Waals surface area contributed by atoms with Crippen molar-refractivity contribution < 1.29 is 5.11 Å². The number of nitrogens with zero attached hydrogens (tertiary/aromatic N) is 2.